The number of benzene rings is 1. The number of amides is 1. The SMILES string of the molecule is CC(C)C(CNC(=O)CSc1ccccc1F)C(=O)O. The molecule has 4 nitrogen and oxygen atoms in total. The van der Waals surface area contributed by atoms with Crippen LogP contribution in [-0.2, 0) is 9.59 Å². The zero-order valence-corrected chi connectivity index (χ0v) is 12.2. The van der Waals surface area contributed by atoms with E-state index in [1.54, 1.807) is 32.0 Å². The molecule has 1 aromatic carbocycles. The van der Waals surface area contributed by atoms with Gasteiger partial charge >= 0.3 is 5.97 Å². The van der Waals surface area contributed by atoms with Gasteiger partial charge in [0.25, 0.3) is 0 Å². The number of hydrogen-bond acceptors (Lipinski definition) is 3. The van der Waals surface area contributed by atoms with Crippen LogP contribution in [0.3, 0.4) is 0 Å². The number of carbonyl (C=O) groups is 2. The van der Waals surface area contributed by atoms with Crippen LogP contribution in [0.25, 0.3) is 0 Å². The van der Waals surface area contributed by atoms with E-state index in [-0.39, 0.29) is 29.9 Å². The molecule has 0 aliphatic heterocycles. The minimum Gasteiger partial charge on any atom is -0.481 e. The first-order valence-corrected chi connectivity index (χ1v) is 7.27. The van der Waals surface area contributed by atoms with E-state index in [9.17, 15) is 14.0 Å². The molecule has 0 aliphatic rings. The Morgan fingerprint density at radius 1 is 1.35 bits per heavy atom. The van der Waals surface area contributed by atoms with Gasteiger partial charge in [0.15, 0.2) is 0 Å². The van der Waals surface area contributed by atoms with E-state index in [2.05, 4.69) is 5.32 Å². The molecule has 1 amide bonds. The Kier molecular flexibility index (Phi) is 6.51. The molecule has 0 radical (unpaired) electrons. The van der Waals surface area contributed by atoms with Crippen LogP contribution in [0, 0.1) is 17.7 Å². The molecular weight excluding hydrogens is 281 g/mol. The van der Waals surface area contributed by atoms with Gasteiger partial charge in [0.1, 0.15) is 5.82 Å². The minimum atomic E-state index is -0.929. The highest BCUT2D eigenvalue weighted by Gasteiger charge is 2.21. The zero-order valence-electron chi connectivity index (χ0n) is 11.4. The summed E-state index contributed by atoms with van der Waals surface area (Å²) in [4.78, 5) is 23.0. The lowest BCUT2D eigenvalue weighted by molar-refractivity contribution is -0.143. The lowest BCUT2D eigenvalue weighted by atomic mass is 9.96. The molecule has 0 spiro atoms. The van der Waals surface area contributed by atoms with Crippen LogP contribution in [0.1, 0.15) is 13.8 Å². The van der Waals surface area contributed by atoms with Crippen molar-refractivity contribution in [1.82, 2.24) is 5.32 Å². The Balaban J connectivity index is 2.41. The lowest BCUT2D eigenvalue weighted by Crippen LogP contribution is -2.36. The molecule has 110 valence electrons. The summed E-state index contributed by atoms with van der Waals surface area (Å²) in [5.41, 5.74) is 0. The number of aliphatic carboxylic acids is 1. The number of nitrogens with one attached hydrogen (secondary N) is 1. The predicted octanol–water partition coefficient (Wildman–Crippen LogP) is 2.39. The summed E-state index contributed by atoms with van der Waals surface area (Å²) in [5.74, 6) is -2.21. The average Bonchev–Trinajstić information content (AvgIpc) is 2.37. The van der Waals surface area contributed by atoms with E-state index in [0.717, 1.165) is 11.8 Å². The normalized spacial score (nSPS) is 12.2. The maximum Gasteiger partial charge on any atom is 0.308 e. The van der Waals surface area contributed by atoms with Crippen molar-refractivity contribution >= 4 is 23.6 Å². The Bertz CT molecular complexity index is 479. The molecular formula is C14H18FNO3S. The first-order chi connectivity index (χ1) is 9.41. The predicted molar refractivity (Wildman–Crippen MR) is 76.1 cm³/mol. The average molecular weight is 299 g/mol. The fourth-order valence-electron chi connectivity index (χ4n) is 1.59. The van der Waals surface area contributed by atoms with Crippen molar-refractivity contribution in [2.24, 2.45) is 11.8 Å². The van der Waals surface area contributed by atoms with Crippen molar-refractivity contribution in [1.29, 1.82) is 0 Å². The van der Waals surface area contributed by atoms with Gasteiger partial charge in [-0.2, -0.15) is 0 Å². The molecule has 1 unspecified atom stereocenters. The molecule has 0 fully saturated rings. The van der Waals surface area contributed by atoms with Crippen LogP contribution in [-0.4, -0.2) is 29.3 Å². The monoisotopic (exact) mass is 299 g/mol. The highest BCUT2D eigenvalue weighted by Crippen LogP contribution is 2.20. The molecule has 0 aliphatic carbocycles. The third-order valence-electron chi connectivity index (χ3n) is 2.84. The van der Waals surface area contributed by atoms with Crippen molar-refractivity contribution in [2.75, 3.05) is 12.3 Å². The highest BCUT2D eigenvalue weighted by molar-refractivity contribution is 8.00. The Labute approximate surface area is 121 Å². The third-order valence-corrected chi connectivity index (χ3v) is 3.89. The quantitative estimate of drug-likeness (QED) is 0.759. The Hall–Kier alpha value is -1.56. The molecule has 0 saturated heterocycles. The second-order valence-electron chi connectivity index (χ2n) is 4.71. The Morgan fingerprint density at radius 2 is 2.00 bits per heavy atom. The van der Waals surface area contributed by atoms with Crippen LogP contribution in [0.15, 0.2) is 29.2 Å². The fraction of sp³-hybridized carbons (Fsp3) is 0.429. The first-order valence-electron chi connectivity index (χ1n) is 6.28. The van der Waals surface area contributed by atoms with Gasteiger partial charge in [0.2, 0.25) is 5.91 Å². The van der Waals surface area contributed by atoms with Gasteiger partial charge in [-0.1, -0.05) is 26.0 Å². The number of carbonyl (C=O) groups excluding carboxylic acids is 1. The van der Waals surface area contributed by atoms with Crippen molar-refractivity contribution in [3.8, 4) is 0 Å². The van der Waals surface area contributed by atoms with Gasteiger partial charge in [0, 0.05) is 11.4 Å². The lowest BCUT2D eigenvalue weighted by Gasteiger charge is -2.16. The Morgan fingerprint density at radius 3 is 2.55 bits per heavy atom. The van der Waals surface area contributed by atoms with E-state index in [4.69, 9.17) is 5.11 Å². The van der Waals surface area contributed by atoms with Gasteiger partial charge in [-0.25, -0.2) is 4.39 Å². The van der Waals surface area contributed by atoms with Crippen molar-refractivity contribution < 1.29 is 19.1 Å². The van der Waals surface area contributed by atoms with E-state index in [1.165, 1.54) is 6.07 Å². The summed E-state index contributed by atoms with van der Waals surface area (Å²) in [6, 6.07) is 6.21. The van der Waals surface area contributed by atoms with Gasteiger partial charge in [-0.05, 0) is 18.1 Å². The molecule has 0 saturated carbocycles. The molecule has 2 N–H and O–H groups in total. The maximum absolute atomic E-state index is 13.3. The van der Waals surface area contributed by atoms with Gasteiger partial charge in [0.05, 0.1) is 11.7 Å². The smallest absolute Gasteiger partial charge is 0.308 e. The van der Waals surface area contributed by atoms with E-state index < -0.39 is 11.9 Å². The topological polar surface area (TPSA) is 66.4 Å². The summed E-state index contributed by atoms with van der Waals surface area (Å²) in [5, 5.41) is 11.6. The zero-order chi connectivity index (χ0) is 15.1. The van der Waals surface area contributed by atoms with Crippen molar-refractivity contribution in [3.63, 3.8) is 0 Å². The number of halogens is 1. The maximum atomic E-state index is 13.3. The summed E-state index contributed by atoms with van der Waals surface area (Å²) in [7, 11) is 0. The van der Waals surface area contributed by atoms with Crippen molar-refractivity contribution in [2.45, 2.75) is 18.7 Å². The van der Waals surface area contributed by atoms with Crippen LogP contribution >= 0.6 is 11.8 Å². The molecule has 0 bridgehead atoms. The van der Waals surface area contributed by atoms with E-state index in [1.807, 2.05) is 0 Å². The molecule has 6 heteroatoms. The largest absolute Gasteiger partial charge is 0.481 e. The molecule has 1 aromatic rings. The van der Waals surface area contributed by atoms with Crippen molar-refractivity contribution in [3.05, 3.63) is 30.1 Å². The number of carboxylic acid groups (broad SMARTS) is 1. The minimum absolute atomic E-state index is 0.0609. The molecule has 0 heterocycles. The summed E-state index contributed by atoms with van der Waals surface area (Å²) >= 11 is 1.09. The van der Waals surface area contributed by atoms with E-state index in [0.29, 0.717) is 4.90 Å². The summed E-state index contributed by atoms with van der Waals surface area (Å²) in [6.07, 6.45) is 0. The van der Waals surface area contributed by atoms with Crippen LogP contribution in [0.2, 0.25) is 0 Å². The standard InChI is InChI=1S/C14H18FNO3S/c1-9(2)10(14(18)19)7-16-13(17)8-20-12-6-4-3-5-11(12)15/h3-6,9-10H,7-8H2,1-2H3,(H,16,17)(H,18,19). The third kappa shape index (κ3) is 5.21. The van der Waals surface area contributed by atoms with Gasteiger partial charge in [-0.3, -0.25) is 9.59 Å². The van der Waals surface area contributed by atoms with Gasteiger partial charge < -0.3 is 10.4 Å². The number of carboxylic acids is 1. The van der Waals surface area contributed by atoms with Crippen LogP contribution in [0.5, 0.6) is 0 Å². The number of rotatable bonds is 7. The van der Waals surface area contributed by atoms with E-state index >= 15 is 0 Å². The molecule has 20 heavy (non-hydrogen) atoms. The number of hydrogen-bond donors (Lipinski definition) is 2. The van der Waals surface area contributed by atoms with Gasteiger partial charge in [-0.15, -0.1) is 11.8 Å². The number of thioether (sulfide) groups is 1. The summed E-state index contributed by atoms with van der Waals surface area (Å²) in [6.45, 7) is 3.67. The van der Waals surface area contributed by atoms with Crippen LogP contribution in [0.4, 0.5) is 4.39 Å². The second-order valence-corrected chi connectivity index (χ2v) is 5.73. The highest BCUT2D eigenvalue weighted by atomic mass is 32.2. The molecule has 0 aromatic heterocycles. The summed E-state index contributed by atoms with van der Waals surface area (Å²) < 4.78 is 13.3. The molecule has 1 rings (SSSR count). The second kappa shape index (κ2) is 7.89. The van der Waals surface area contributed by atoms with Crippen LogP contribution < -0.4 is 5.32 Å². The first kappa shape index (κ1) is 16.5. The fourth-order valence-corrected chi connectivity index (χ4v) is 2.36. The molecule has 1 atom stereocenters.